The van der Waals surface area contributed by atoms with Gasteiger partial charge in [-0.25, -0.2) is 4.79 Å². The van der Waals surface area contributed by atoms with E-state index in [0.717, 1.165) is 23.3 Å². The first kappa shape index (κ1) is 21.3. The van der Waals surface area contributed by atoms with Crippen LogP contribution in [0.3, 0.4) is 0 Å². The number of esters is 1. The lowest BCUT2D eigenvalue weighted by atomic mass is 9.85. The van der Waals surface area contributed by atoms with E-state index in [0.29, 0.717) is 5.69 Å². The SMILES string of the molecule is CCc1ccccc1NC(=O)COC(=O)[C@H](C(C)C)N1C(=O)[C@@H]2[C@@H](C1=O)[C@H]1C=C[C@H]2C1. The first-order valence-electron chi connectivity index (χ1n) is 10.9. The average molecular weight is 424 g/mol. The quantitative estimate of drug-likeness (QED) is 0.413. The second-order valence-corrected chi connectivity index (χ2v) is 8.90. The summed E-state index contributed by atoms with van der Waals surface area (Å²) in [4.78, 5) is 52.5. The minimum absolute atomic E-state index is 0.0738. The van der Waals surface area contributed by atoms with E-state index in [2.05, 4.69) is 5.32 Å². The zero-order valence-electron chi connectivity index (χ0n) is 18.0. The third-order valence-corrected chi connectivity index (χ3v) is 6.67. The van der Waals surface area contributed by atoms with Gasteiger partial charge in [-0.15, -0.1) is 0 Å². The van der Waals surface area contributed by atoms with Crippen molar-refractivity contribution in [3.8, 4) is 0 Å². The van der Waals surface area contributed by atoms with E-state index < -0.39 is 24.5 Å². The van der Waals surface area contributed by atoms with Crippen molar-refractivity contribution in [1.82, 2.24) is 4.90 Å². The Kier molecular flexibility index (Phi) is 5.69. The van der Waals surface area contributed by atoms with Crippen LogP contribution in [0.5, 0.6) is 0 Å². The van der Waals surface area contributed by atoms with E-state index in [-0.39, 0.29) is 41.4 Å². The Hall–Kier alpha value is -2.96. The molecule has 7 nitrogen and oxygen atoms in total. The predicted octanol–water partition coefficient (Wildman–Crippen LogP) is 2.56. The van der Waals surface area contributed by atoms with E-state index >= 15 is 0 Å². The molecule has 0 radical (unpaired) electrons. The van der Waals surface area contributed by atoms with Crippen LogP contribution < -0.4 is 5.32 Å². The second-order valence-electron chi connectivity index (χ2n) is 8.90. The van der Waals surface area contributed by atoms with Gasteiger partial charge in [-0.3, -0.25) is 19.3 Å². The van der Waals surface area contributed by atoms with Gasteiger partial charge in [-0.2, -0.15) is 0 Å². The van der Waals surface area contributed by atoms with Crippen LogP contribution in [0.25, 0.3) is 0 Å². The summed E-state index contributed by atoms with van der Waals surface area (Å²) in [5.41, 5.74) is 1.65. The van der Waals surface area contributed by atoms with Gasteiger partial charge in [-0.1, -0.05) is 51.1 Å². The number of hydrogen-bond acceptors (Lipinski definition) is 5. The Balaban J connectivity index is 1.42. The highest BCUT2D eigenvalue weighted by Gasteiger charge is 2.61. The molecule has 1 saturated carbocycles. The number of hydrogen-bond donors (Lipinski definition) is 1. The van der Waals surface area contributed by atoms with Crippen LogP contribution in [0.1, 0.15) is 32.8 Å². The van der Waals surface area contributed by atoms with Crippen molar-refractivity contribution in [3.05, 3.63) is 42.0 Å². The van der Waals surface area contributed by atoms with Crippen molar-refractivity contribution in [2.24, 2.45) is 29.6 Å². The molecule has 2 fully saturated rings. The van der Waals surface area contributed by atoms with Crippen molar-refractivity contribution in [1.29, 1.82) is 0 Å². The zero-order valence-corrected chi connectivity index (χ0v) is 18.0. The van der Waals surface area contributed by atoms with Crippen molar-refractivity contribution in [3.63, 3.8) is 0 Å². The summed E-state index contributed by atoms with van der Waals surface area (Å²) in [6, 6.07) is 6.39. The summed E-state index contributed by atoms with van der Waals surface area (Å²) >= 11 is 0. The summed E-state index contributed by atoms with van der Waals surface area (Å²) < 4.78 is 5.26. The summed E-state index contributed by atoms with van der Waals surface area (Å²) in [7, 11) is 0. The molecule has 2 bridgehead atoms. The molecule has 4 rings (SSSR count). The van der Waals surface area contributed by atoms with E-state index in [1.807, 2.05) is 37.3 Å². The molecule has 1 saturated heterocycles. The number of anilines is 1. The van der Waals surface area contributed by atoms with Crippen LogP contribution in [0.4, 0.5) is 5.69 Å². The Morgan fingerprint density at radius 1 is 1.10 bits per heavy atom. The smallest absolute Gasteiger partial charge is 0.330 e. The lowest BCUT2D eigenvalue weighted by molar-refractivity contribution is -0.162. The number of para-hydroxylation sites is 1. The van der Waals surface area contributed by atoms with Gasteiger partial charge in [-0.05, 0) is 42.2 Å². The molecule has 164 valence electrons. The zero-order chi connectivity index (χ0) is 22.3. The number of carbonyl (C=O) groups is 4. The standard InChI is InChI=1S/C24H28N2O5/c1-4-14-7-5-6-8-17(14)25-18(27)12-31-24(30)21(13(2)3)26-22(28)19-15-9-10-16(11-15)20(19)23(26)29/h5-10,13,15-16,19-21H,4,11-12H2,1-3H3,(H,25,27)/t15-,16-,19-,20-,21-/m0/s1. The summed E-state index contributed by atoms with van der Waals surface area (Å²) in [5, 5.41) is 2.75. The number of fused-ring (bicyclic) bond motifs is 5. The highest BCUT2D eigenvalue weighted by molar-refractivity contribution is 6.09. The Morgan fingerprint density at radius 2 is 1.71 bits per heavy atom. The Morgan fingerprint density at radius 3 is 2.29 bits per heavy atom. The first-order valence-corrected chi connectivity index (χ1v) is 10.9. The van der Waals surface area contributed by atoms with Crippen LogP contribution in [0, 0.1) is 29.6 Å². The third kappa shape index (κ3) is 3.66. The number of imide groups is 1. The number of ether oxygens (including phenoxy) is 1. The lowest BCUT2D eigenvalue weighted by Gasteiger charge is -2.28. The summed E-state index contributed by atoms with van der Waals surface area (Å²) in [6.07, 6.45) is 5.62. The van der Waals surface area contributed by atoms with Gasteiger partial charge < -0.3 is 10.1 Å². The van der Waals surface area contributed by atoms with Crippen molar-refractivity contribution in [2.75, 3.05) is 11.9 Å². The van der Waals surface area contributed by atoms with Crippen molar-refractivity contribution >= 4 is 29.4 Å². The fraction of sp³-hybridized carbons (Fsp3) is 0.500. The van der Waals surface area contributed by atoms with Gasteiger partial charge in [0.2, 0.25) is 11.8 Å². The molecular formula is C24H28N2O5. The van der Waals surface area contributed by atoms with Crippen molar-refractivity contribution < 1.29 is 23.9 Å². The monoisotopic (exact) mass is 424 g/mol. The Labute approximate surface area is 181 Å². The first-order chi connectivity index (χ1) is 14.8. The van der Waals surface area contributed by atoms with Gasteiger partial charge in [0.1, 0.15) is 6.04 Å². The molecule has 1 aromatic rings. The number of nitrogens with zero attached hydrogens (tertiary/aromatic N) is 1. The van der Waals surface area contributed by atoms with Crippen molar-refractivity contribution in [2.45, 2.75) is 39.7 Å². The molecular weight excluding hydrogens is 396 g/mol. The molecule has 1 aromatic carbocycles. The molecule has 1 aliphatic heterocycles. The minimum atomic E-state index is -1.03. The van der Waals surface area contributed by atoms with E-state index in [1.165, 1.54) is 0 Å². The number of allylic oxidation sites excluding steroid dienone is 2. The molecule has 0 aromatic heterocycles. The number of benzene rings is 1. The maximum Gasteiger partial charge on any atom is 0.330 e. The number of likely N-dealkylation sites (tertiary alicyclic amines) is 1. The molecule has 3 aliphatic rings. The summed E-state index contributed by atoms with van der Waals surface area (Å²) in [6.45, 7) is 5.05. The van der Waals surface area contributed by atoms with E-state index in [1.54, 1.807) is 19.9 Å². The lowest BCUT2D eigenvalue weighted by Crippen LogP contribution is -2.50. The van der Waals surface area contributed by atoms with E-state index in [9.17, 15) is 19.2 Å². The van der Waals surface area contributed by atoms with Crippen LogP contribution in [0.2, 0.25) is 0 Å². The van der Waals surface area contributed by atoms with Gasteiger partial charge in [0.25, 0.3) is 5.91 Å². The number of amides is 3. The highest BCUT2D eigenvalue weighted by Crippen LogP contribution is 2.53. The second kappa shape index (κ2) is 8.29. The van der Waals surface area contributed by atoms with Gasteiger partial charge >= 0.3 is 5.97 Å². The predicted molar refractivity (Wildman–Crippen MR) is 114 cm³/mol. The maximum absolute atomic E-state index is 13.1. The van der Waals surface area contributed by atoms with Crippen LogP contribution >= 0.6 is 0 Å². The van der Waals surface area contributed by atoms with Crippen LogP contribution in [-0.4, -0.2) is 41.2 Å². The average Bonchev–Trinajstić information content (AvgIpc) is 3.42. The number of rotatable bonds is 7. The Bertz CT molecular complexity index is 923. The maximum atomic E-state index is 13.1. The molecule has 0 unspecified atom stereocenters. The topological polar surface area (TPSA) is 92.8 Å². The molecule has 31 heavy (non-hydrogen) atoms. The highest BCUT2D eigenvalue weighted by atomic mass is 16.5. The molecule has 0 spiro atoms. The van der Waals surface area contributed by atoms with Gasteiger partial charge in [0, 0.05) is 5.69 Å². The minimum Gasteiger partial charge on any atom is -0.454 e. The number of carbonyl (C=O) groups excluding carboxylic acids is 4. The van der Waals surface area contributed by atoms with Gasteiger partial charge in [0.05, 0.1) is 11.8 Å². The molecule has 5 atom stereocenters. The fourth-order valence-electron chi connectivity index (χ4n) is 5.23. The van der Waals surface area contributed by atoms with Crippen LogP contribution in [-0.2, 0) is 30.3 Å². The van der Waals surface area contributed by atoms with Gasteiger partial charge in [0.15, 0.2) is 6.61 Å². The molecule has 3 amide bonds. The summed E-state index contributed by atoms with van der Waals surface area (Å²) in [5.74, 6) is -2.68. The number of aryl methyl sites for hydroxylation is 1. The largest absolute Gasteiger partial charge is 0.454 e. The third-order valence-electron chi connectivity index (χ3n) is 6.67. The van der Waals surface area contributed by atoms with E-state index in [4.69, 9.17) is 4.74 Å². The molecule has 2 aliphatic carbocycles. The molecule has 1 N–H and O–H groups in total. The molecule has 7 heteroatoms. The normalized spacial score (nSPS) is 27.0. The van der Waals surface area contributed by atoms with Crippen LogP contribution in [0.15, 0.2) is 36.4 Å². The number of nitrogens with one attached hydrogen (secondary N) is 1. The molecule has 1 heterocycles. The fourth-order valence-corrected chi connectivity index (χ4v) is 5.23.